The zero-order valence-electron chi connectivity index (χ0n) is 20.8. The molecule has 3 aromatic carbocycles. The molecule has 0 aromatic heterocycles. The number of aliphatic hydroxyl groups is 1. The van der Waals surface area contributed by atoms with Crippen LogP contribution in [0.25, 0.3) is 5.76 Å². The van der Waals surface area contributed by atoms with Crippen LogP contribution in [0.3, 0.4) is 0 Å². The van der Waals surface area contributed by atoms with Crippen LogP contribution in [0.2, 0.25) is 0 Å². The Hall–Kier alpha value is -3.57. The molecule has 1 aliphatic carbocycles. The molecule has 0 spiro atoms. The number of nitrogens with zero attached hydrogens (tertiary/aromatic N) is 1. The third kappa shape index (κ3) is 4.18. The molecule has 2 aliphatic rings. The van der Waals surface area contributed by atoms with Gasteiger partial charge in [-0.3, -0.25) is 15.1 Å². The second-order valence-corrected chi connectivity index (χ2v) is 10.3. The number of hydrogen-bond donors (Lipinski definition) is 2. The lowest BCUT2D eigenvalue weighted by atomic mass is 9.73. The van der Waals surface area contributed by atoms with Crippen LogP contribution in [-0.2, 0) is 4.79 Å². The quantitative estimate of drug-likeness (QED) is 0.290. The van der Waals surface area contributed by atoms with Crippen LogP contribution in [-0.4, -0.2) is 23.0 Å². The number of rotatable bonds is 4. The summed E-state index contributed by atoms with van der Waals surface area (Å²) in [6, 6.07) is 23.8. The fourth-order valence-electron chi connectivity index (χ4n) is 5.27. The first kappa shape index (κ1) is 24.1. The zero-order chi connectivity index (χ0) is 25.4. The van der Waals surface area contributed by atoms with Crippen molar-refractivity contribution in [2.24, 2.45) is 0 Å². The van der Waals surface area contributed by atoms with E-state index in [0.29, 0.717) is 23.1 Å². The number of thioether (sulfide) groups is 1. The van der Waals surface area contributed by atoms with E-state index in [-0.39, 0.29) is 17.4 Å². The van der Waals surface area contributed by atoms with E-state index in [1.807, 2.05) is 97.8 Å². The second-order valence-electron chi connectivity index (χ2n) is 9.44. The summed E-state index contributed by atoms with van der Waals surface area (Å²) in [6.07, 6.45) is 3.99. The molecule has 1 atom stereocenters. The first-order valence-corrected chi connectivity index (χ1v) is 13.5. The normalized spacial score (nSPS) is 19.4. The zero-order valence-corrected chi connectivity index (χ0v) is 21.7. The van der Waals surface area contributed by atoms with Crippen molar-refractivity contribution >= 4 is 34.8 Å². The Morgan fingerprint density at radius 3 is 2.33 bits per heavy atom. The summed E-state index contributed by atoms with van der Waals surface area (Å²) in [7, 11) is 0. The lowest BCUT2D eigenvalue weighted by Crippen LogP contribution is -2.42. The van der Waals surface area contributed by atoms with Crippen LogP contribution in [0.1, 0.15) is 47.4 Å². The molecule has 36 heavy (non-hydrogen) atoms. The summed E-state index contributed by atoms with van der Waals surface area (Å²) in [5.74, 6) is -0.148. The number of benzene rings is 3. The molecule has 0 bridgehead atoms. The summed E-state index contributed by atoms with van der Waals surface area (Å²) in [6.45, 7) is 4.02. The summed E-state index contributed by atoms with van der Waals surface area (Å²) in [5, 5.41) is 21.2. The van der Waals surface area contributed by atoms with Crippen molar-refractivity contribution in [2.45, 2.75) is 43.9 Å². The summed E-state index contributed by atoms with van der Waals surface area (Å²) >= 11 is 1.66. The van der Waals surface area contributed by atoms with Gasteiger partial charge in [0, 0.05) is 39.6 Å². The lowest BCUT2D eigenvalue weighted by molar-refractivity contribution is -0.116. The number of ketones is 1. The number of amidine groups is 1. The van der Waals surface area contributed by atoms with Gasteiger partial charge >= 0.3 is 0 Å². The number of Topliss-reactive ketones (excluding diaryl/α,β-unsaturated/α-hetero) is 1. The Bertz CT molecular complexity index is 1400. The Morgan fingerprint density at radius 2 is 1.67 bits per heavy atom. The van der Waals surface area contributed by atoms with E-state index >= 15 is 0 Å². The maximum Gasteiger partial charge on any atom is 0.161 e. The highest BCUT2D eigenvalue weighted by Gasteiger charge is 2.43. The summed E-state index contributed by atoms with van der Waals surface area (Å²) < 4.78 is 0. The number of carbonyl (C=O) groups excluding carboxylic acids is 1. The van der Waals surface area contributed by atoms with E-state index in [1.165, 1.54) is 0 Å². The average molecular weight is 495 g/mol. The number of hydrogen-bond acceptors (Lipinski definition) is 4. The largest absolute Gasteiger partial charge is 0.507 e. The van der Waals surface area contributed by atoms with E-state index in [9.17, 15) is 15.3 Å². The first-order valence-electron chi connectivity index (χ1n) is 12.3. The van der Waals surface area contributed by atoms with Gasteiger partial charge in [-0.1, -0.05) is 60.2 Å². The van der Waals surface area contributed by atoms with Crippen LogP contribution in [0.15, 0.2) is 94.5 Å². The van der Waals surface area contributed by atoms with Gasteiger partial charge in [-0.2, -0.15) is 0 Å². The summed E-state index contributed by atoms with van der Waals surface area (Å²) in [5.41, 5.74) is 6.58. The molecule has 1 heterocycles. The van der Waals surface area contributed by atoms with Gasteiger partial charge in [0.25, 0.3) is 0 Å². The van der Waals surface area contributed by atoms with E-state index in [2.05, 4.69) is 0 Å². The van der Waals surface area contributed by atoms with E-state index in [4.69, 9.17) is 0 Å². The molecule has 0 saturated carbocycles. The van der Waals surface area contributed by atoms with Gasteiger partial charge in [0.2, 0.25) is 0 Å². The molecule has 3 aromatic rings. The van der Waals surface area contributed by atoms with E-state index in [0.717, 1.165) is 45.8 Å². The molecule has 1 aliphatic heterocycles. The van der Waals surface area contributed by atoms with Crippen molar-refractivity contribution in [3.63, 3.8) is 0 Å². The van der Waals surface area contributed by atoms with Gasteiger partial charge in [-0.15, -0.1) is 11.8 Å². The smallest absolute Gasteiger partial charge is 0.161 e. The summed E-state index contributed by atoms with van der Waals surface area (Å²) in [4.78, 5) is 16.6. The molecule has 0 saturated heterocycles. The van der Waals surface area contributed by atoms with Gasteiger partial charge < -0.3 is 5.11 Å². The highest BCUT2D eigenvalue weighted by molar-refractivity contribution is 7.98. The van der Waals surface area contributed by atoms with Gasteiger partial charge in [0.15, 0.2) is 5.78 Å². The minimum Gasteiger partial charge on any atom is -0.507 e. The minimum atomic E-state index is -0.502. The maximum absolute atomic E-state index is 13.6. The van der Waals surface area contributed by atoms with Crippen molar-refractivity contribution in [3.8, 4) is 0 Å². The highest BCUT2D eigenvalue weighted by Crippen LogP contribution is 2.48. The topological polar surface area (TPSA) is 64.4 Å². The van der Waals surface area contributed by atoms with Crippen LogP contribution >= 0.6 is 11.8 Å². The Labute approximate surface area is 216 Å². The van der Waals surface area contributed by atoms with Crippen LogP contribution in [0.4, 0.5) is 5.69 Å². The van der Waals surface area contributed by atoms with Gasteiger partial charge in [-0.05, 0) is 62.3 Å². The SMILES string of the molecule is CSc1ccc(C2C3=C(CCCC3=O)N(c3ccccc3C)C(=N)/C2=C(/O)c2ccc(C)cc2)cc1. The molecule has 0 amide bonds. The third-order valence-corrected chi connectivity index (χ3v) is 7.88. The fraction of sp³-hybridized carbons (Fsp3) is 0.226. The molecule has 0 fully saturated rings. The number of anilines is 1. The van der Waals surface area contributed by atoms with Crippen molar-refractivity contribution in [1.82, 2.24) is 0 Å². The van der Waals surface area contributed by atoms with E-state index < -0.39 is 5.92 Å². The molecular formula is C31H30N2O2S. The van der Waals surface area contributed by atoms with E-state index in [1.54, 1.807) is 11.8 Å². The standard InChI is InChI=1S/C31H30N2O2S/c1-19-11-13-22(14-12-19)30(35)29-27(21-15-17-23(36-3)18-16-21)28-25(9-6-10-26(28)34)33(31(29)32)24-8-5-4-7-20(24)2/h4-5,7-8,11-18,27,32,35H,6,9-10H2,1-3H3/b30-29+,32-31?. The van der Waals surface area contributed by atoms with Gasteiger partial charge in [0.05, 0.1) is 5.69 Å². The van der Waals surface area contributed by atoms with Crippen molar-refractivity contribution in [2.75, 3.05) is 11.2 Å². The predicted molar refractivity (Wildman–Crippen MR) is 149 cm³/mol. The number of aliphatic hydroxyl groups excluding tert-OH is 1. The van der Waals surface area contributed by atoms with Crippen LogP contribution < -0.4 is 4.90 Å². The number of para-hydroxylation sites is 1. The van der Waals surface area contributed by atoms with Gasteiger partial charge in [-0.25, -0.2) is 0 Å². The third-order valence-electron chi connectivity index (χ3n) is 7.14. The number of carbonyl (C=O) groups is 1. The minimum absolute atomic E-state index is 0.0439. The Kier molecular flexibility index (Phi) is 6.59. The van der Waals surface area contributed by atoms with Crippen molar-refractivity contribution in [1.29, 1.82) is 5.41 Å². The molecule has 4 nitrogen and oxygen atoms in total. The highest BCUT2D eigenvalue weighted by atomic mass is 32.2. The Morgan fingerprint density at radius 1 is 0.972 bits per heavy atom. The molecule has 1 unspecified atom stereocenters. The molecule has 0 radical (unpaired) electrons. The monoisotopic (exact) mass is 494 g/mol. The molecule has 2 N–H and O–H groups in total. The molecule has 182 valence electrons. The second kappa shape index (κ2) is 9.82. The van der Waals surface area contributed by atoms with Crippen molar-refractivity contribution in [3.05, 3.63) is 112 Å². The molecule has 5 rings (SSSR count). The Balaban J connectivity index is 1.82. The lowest BCUT2D eigenvalue weighted by Gasteiger charge is -2.42. The fourth-order valence-corrected chi connectivity index (χ4v) is 5.68. The molecular weight excluding hydrogens is 464 g/mol. The average Bonchev–Trinajstić information content (AvgIpc) is 2.89. The predicted octanol–water partition coefficient (Wildman–Crippen LogP) is 7.58. The number of allylic oxidation sites excluding steroid dienone is 2. The van der Waals surface area contributed by atoms with Crippen LogP contribution in [0, 0.1) is 19.3 Å². The number of nitrogens with one attached hydrogen (secondary N) is 1. The molecule has 5 heteroatoms. The van der Waals surface area contributed by atoms with Gasteiger partial charge in [0.1, 0.15) is 11.6 Å². The number of aryl methyl sites for hydroxylation is 2. The van der Waals surface area contributed by atoms with Crippen molar-refractivity contribution < 1.29 is 9.90 Å². The maximum atomic E-state index is 13.6. The first-order chi connectivity index (χ1) is 17.4. The van der Waals surface area contributed by atoms with Crippen LogP contribution in [0.5, 0.6) is 0 Å².